The van der Waals surface area contributed by atoms with Crippen molar-refractivity contribution in [3.8, 4) is 0 Å². The summed E-state index contributed by atoms with van der Waals surface area (Å²) >= 11 is 5.86. The molecule has 0 aliphatic heterocycles. The quantitative estimate of drug-likeness (QED) is 0.836. The molecule has 2 aromatic heterocycles. The van der Waals surface area contributed by atoms with Gasteiger partial charge in [-0.05, 0) is 31.7 Å². The van der Waals surface area contributed by atoms with Crippen LogP contribution in [-0.4, -0.2) is 19.6 Å². The third-order valence-corrected chi connectivity index (χ3v) is 3.30. The first-order valence-electron chi connectivity index (χ1n) is 5.92. The van der Waals surface area contributed by atoms with E-state index in [4.69, 9.17) is 11.6 Å². The van der Waals surface area contributed by atoms with Gasteiger partial charge in [0.05, 0.1) is 12.7 Å². The molecule has 1 aliphatic rings. The van der Waals surface area contributed by atoms with Crippen LogP contribution in [0.2, 0.25) is 5.15 Å². The monoisotopic (exact) mass is 250 g/mol. The second kappa shape index (κ2) is 4.18. The summed E-state index contributed by atoms with van der Waals surface area (Å²) in [6, 6.07) is 1.87. The molecule has 0 spiro atoms. The van der Waals surface area contributed by atoms with Crippen LogP contribution in [0.5, 0.6) is 0 Å². The summed E-state index contributed by atoms with van der Waals surface area (Å²) in [6.45, 7) is 3.80. The SMILES string of the molecule is Cc1cc(Cl)nn1Cc1cnn(CC2CC2)c1. The Kier molecular flexibility index (Phi) is 2.67. The summed E-state index contributed by atoms with van der Waals surface area (Å²) in [5, 5.41) is 9.15. The molecule has 2 heterocycles. The number of aryl methyl sites for hydroxylation is 1. The third kappa shape index (κ3) is 2.52. The molecule has 3 rings (SSSR count). The molecular weight excluding hydrogens is 236 g/mol. The summed E-state index contributed by atoms with van der Waals surface area (Å²) in [7, 11) is 0. The predicted molar refractivity (Wildman–Crippen MR) is 66.0 cm³/mol. The van der Waals surface area contributed by atoms with Gasteiger partial charge in [0.1, 0.15) is 0 Å². The van der Waals surface area contributed by atoms with Crippen molar-refractivity contribution in [3.63, 3.8) is 0 Å². The van der Waals surface area contributed by atoms with Gasteiger partial charge in [-0.1, -0.05) is 11.6 Å². The van der Waals surface area contributed by atoms with Gasteiger partial charge in [0.2, 0.25) is 0 Å². The van der Waals surface area contributed by atoms with Crippen molar-refractivity contribution in [2.24, 2.45) is 5.92 Å². The van der Waals surface area contributed by atoms with E-state index in [9.17, 15) is 0 Å². The van der Waals surface area contributed by atoms with E-state index < -0.39 is 0 Å². The van der Waals surface area contributed by atoms with Gasteiger partial charge in [0.25, 0.3) is 0 Å². The minimum Gasteiger partial charge on any atom is -0.272 e. The van der Waals surface area contributed by atoms with Crippen LogP contribution in [0.25, 0.3) is 0 Å². The average Bonchev–Trinajstić information content (AvgIpc) is 2.88. The molecule has 0 N–H and O–H groups in total. The van der Waals surface area contributed by atoms with Crippen LogP contribution in [0.1, 0.15) is 24.1 Å². The van der Waals surface area contributed by atoms with Crippen LogP contribution < -0.4 is 0 Å². The highest BCUT2D eigenvalue weighted by atomic mass is 35.5. The molecule has 0 radical (unpaired) electrons. The zero-order valence-electron chi connectivity index (χ0n) is 9.80. The Bertz CT molecular complexity index is 524. The highest BCUT2D eigenvalue weighted by Crippen LogP contribution is 2.30. The topological polar surface area (TPSA) is 35.6 Å². The molecule has 1 saturated carbocycles. The standard InChI is InChI=1S/C12H15ClN4/c1-9-4-12(13)15-17(9)8-11-5-14-16(7-11)6-10-2-3-10/h4-5,7,10H,2-3,6,8H2,1H3. The van der Waals surface area contributed by atoms with Gasteiger partial charge in [-0.3, -0.25) is 9.36 Å². The second-order valence-electron chi connectivity index (χ2n) is 4.78. The maximum Gasteiger partial charge on any atom is 0.151 e. The van der Waals surface area contributed by atoms with Crippen LogP contribution in [0, 0.1) is 12.8 Å². The lowest BCUT2D eigenvalue weighted by molar-refractivity contribution is 0.562. The largest absolute Gasteiger partial charge is 0.272 e. The summed E-state index contributed by atoms with van der Waals surface area (Å²) in [4.78, 5) is 0. The lowest BCUT2D eigenvalue weighted by Gasteiger charge is -2.01. The maximum absolute atomic E-state index is 5.86. The normalized spacial score (nSPS) is 15.4. The highest BCUT2D eigenvalue weighted by Gasteiger charge is 2.21. The zero-order chi connectivity index (χ0) is 11.8. The van der Waals surface area contributed by atoms with E-state index in [0.29, 0.717) is 5.15 Å². The van der Waals surface area contributed by atoms with Crippen LogP contribution in [-0.2, 0) is 13.1 Å². The molecule has 4 nitrogen and oxygen atoms in total. The van der Waals surface area contributed by atoms with Crippen LogP contribution in [0.4, 0.5) is 0 Å². The van der Waals surface area contributed by atoms with Crippen molar-refractivity contribution in [2.75, 3.05) is 0 Å². The molecule has 1 aliphatic carbocycles. The predicted octanol–water partition coefficient (Wildman–Crippen LogP) is 2.50. The van der Waals surface area contributed by atoms with Crippen molar-refractivity contribution in [1.29, 1.82) is 0 Å². The molecule has 0 bridgehead atoms. The Morgan fingerprint density at radius 3 is 2.94 bits per heavy atom. The number of halogens is 1. The van der Waals surface area contributed by atoms with Crippen molar-refractivity contribution < 1.29 is 0 Å². The molecule has 0 aromatic carbocycles. The summed E-state index contributed by atoms with van der Waals surface area (Å²) in [5.74, 6) is 0.851. The van der Waals surface area contributed by atoms with E-state index in [1.54, 1.807) is 0 Å². The fourth-order valence-electron chi connectivity index (χ4n) is 1.96. The maximum atomic E-state index is 5.86. The molecule has 5 heteroatoms. The van der Waals surface area contributed by atoms with E-state index in [-0.39, 0.29) is 0 Å². The fourth-order valence-corrected chi connectivity index (χ4v) is 2.20. The first-order chi connectivity index (χ1) is 8.20. The lowest BCUT2D eigenvalue weighted by atomic mass is 10.3. The highest BCUT2D eigenvalue weighted by molar-refractivity contribution is 6.29. The molecule has 2 aromatic rings. The molecule has 90 valence electrons. The molecule has 1 fully saturated rings. The van der Waals surface area contributed by atoms with Crippen molar-refractivity contribution >= 4 is 11.6 Å². The molecular formula is C12H15ClN4. The Labute approximate surface area is 105 Å². The third-order valence-electron chi connectivity index (χ3n) is 3.11. The number of hydrogen-bond donors (Lipinski definition) is 0. The van der Waals surface area contributed by atoms with Crippen LogP contribution >= 0.6 is 11.6 Å². The van der Waals surface area contributed by atoms with E-state index in [1.807, 2.05) is 28.6 Å². The van der Waals surface area contributed by atoms with Crippen LogP contribution in [0.3, 0.4) is 0 Å². The van der Waals surface area contributed by atoms with Crippen molar-refractivity contribution in [2.45, 2.75) is 32.9 Å². The fraction of sp³-hybridized carbons (Fsp3) is 0.500. The summed E-state index contributed by atoms with van der Waals surface area (Å²) in [5.41, 5.74) is 2.25. The van der Waals surface area contributed by atoms with Gasteiger partial charge in [-0.2, -0.15) is 10.2 Å². The second-order valence-corrected chi connectivity index (χ2v) is 5.17. The van der Waals surface area contributed by atoms with E-state index in [0.717, 1.165) is 24.7 Å². The zero-order valence-corrected chi connectivity index (χ0v) is 10.6. The van der Waals surface area contributed by atoms with Gasteiger partial charge >= 0.3 is 0 Å². The minimum absolute atomic E-state index is 0.549. The van der Waals surface area contributed by atoms with E-state index in [2.05, 4.69) is 16.4 Å². The van der Waals surface area contributed by atoms with E-state index >= 15 is 0 Å². The number of aromatic nitrogens is 4. The number of nitrogens with zero attached hydrogens (tertiary/aromatic N) is 4. The number of rotatable bonds is 4. The van der Waals surface area contributed by atoms with Crippen LogP contribution in [0.15, 0.2) is 18.5 Å². The first-order valence-corrected chi connectivity index (χ1v) is 6.30. The van der Waals surface area contributed by atoms with Gasteiger partial charge in [-0.15, -0.1) is 0 Å². The molecule has 0 unspecified atom stereocenters. The Balaban J connectivity index is 1.71. The van der Waals surface area contributed by atoms with Gasteiger partial charge < -0.3 is 0 Å². The Morgan fingerprint density at radius 1 is 1.47 bits per heavy atom. The van der Waals surface area contributed by atoms with E-state index in [1.165, 1.54) is 18.4 Å². The van der Waals surface area contributed by atoms with Gasteiger partial charge in [0.15, 0.2) is 5.15 Å². The van der Waals surface area contributed by atoms with Crippen molar-refractivity contribution in [3.05, 3.63) is 34.9 Å². The smallest absolute Gasteiger partial charge is 0.151 e. The molecule has 0 amide bonds. The van der Waals surface area contributed by atoms with Gasteiger partial charge in [-0.25, -0.2) is 0 Å². The Hall–Kier alpha value is -1.29. The minimum atomic E-state index is 0.549. The molecule has 0 atom stereocenters. The average molecular weight is 251 g/mol. The Morgan fingerprint density at radius 2 is 2.29 bits per heavy atom. The lowest BCUT2D eigenvalue weighted by Crippen LogP contribution is -2.03. The number of hydrogen-bond acceptors (Lipinski definition) is 2. The van der Waals surface area contributed by atoms with Crippen molar-refractivity contribution in [1.82, 2.24) is 19.6 Å². The molecule has 17 heavy (non-hydrogen) atoms. The summed E-state index contributed by atoms with van der Waals surface area (Å²) < 4.78 is 3.94. The van der Waals surface area contributed by atoms with Gasteiger partial charge in [0, 0.05) is 24.0 Å². The molecule has 0 saturated heterocycles. The first kappa shape index (κ1) is 10.8. The summed E-state index contributed by atoms with van der Waals surface area (Å²) in [6.07, 6.45) is 6.72.